The quantitative estimate of drug-likeness (QED) is 0.692. The van der Waals surface area contributed by atoms with Crippen LogP contribution in [0.15, 0.2) is 0 Å². The lowest BCUT2D eigenvalue weighted by Crippen LogP contribution is -2.32. The van der Waals surface area contributed by atoms with Crippen molar-refractivity contribution in [1.29, 1.82) is 0 Å². The van der Waals surface area contributed by atoms with Gasteiger partial charge in [0.2, 0.25) is 0 Å². The summed E-state index contributed by atoms with van der Waals surface area (Å²) in [5, 5.41) is 0. The number of thioether (sulfide) groups is 1. The van der Waals surface area contributed by atoms with Gasteiger partial charge in [-0.1, -0.05) is 13.8 Å². The average molecular weight is 217 g/mol. The summed E-state index contributed by atoms with van der Waals surface area (Å²) in [6.07, 6.45) is 2.46. The Bertz CT molecular complexity index is 146. The van der Waals surface area contributed by atoms with E-state index in [1.54, 1.807) is 0 Å². The van der Waals surface area contributed by atoms with Gasteiger partial charge >= 0.3 is 0 Å². The molecule has 1 aliphatic heterocycles. The highest BCUT2D eigenvalue weighted by molar-refractivity contribution is 7.99. The molecular formula is C11H23NOS. The second-order valence-corrected chi connectivity index (χ2v) is 5.69. The highest BCUT2D eigenvalue weighted by Gasteiger charge is 2.22. The maximum absolute atomic E-state index is 6.10. The zero-order chi connectivity index (χ0) is 10.4. The highest BCUT2D eigenvalue weighted by Crippen LogP contribution is 2.19. The summed E-state index contributed by atoms with van der Waals surface area (Å²) in [5.74, 6) is 3.77. The molecule has 1 rings (SSSR count). The molecule has 1 heterocycles. The van der Waals surface area contributed by atoms with E-state index < -0.39 is 0 Å². The zero-order valence-corrected chi connectivity index (χ0v) is 10.2. The van der Waals surface area contributed by atoms with E-state index in [1.807, 2.05) is 11.8 Å². The summed E-state index contributed by atoms with van der Waals surface area (Å²) in [6.45, 7) is 6.33. The van der Waals surface area contributed by atoms with Crippen molar-refractivity contribution in [2.24, 2.45) is 17.6 Å². The molecule has 0 aromatic heterocycles. The second kappa shape index (κ2) is 6.70. The predicted molar refractivity (Wildman–Crippen MR) is 63.7 cm³/mol. The fourth-order valence-corrected chi connectivity index (χ4v) is 2.91. The predicted octanol–water partition coefficient (Wildman–Crippen LogP) is 2.13. The Morgan fingerprint density at radius 3 is 2.86 bits per heavy atom. The first-order chi connectivity index (χ1) is 6.70. The van der Waals surface area contributed by atoms with E-state index in [0.29, 0.717) is 12.0 Å². The molecular weight excluding hydrogens is 194 g/mol. The smallest absolute Gasteiger partial charge is 0.0510 e. The minimum atomic E-state index is 0.342. The SMILES string of the molecule is CC(C)CCSCC(N)C1CCOC1. The number of nitrogens with two attached hydrogens (primary N) is 1. The lowest BCUT2D eigenvalue weighted by molar-refractivity contribution is 0.182. The molecule has 14 heavy (non-hydrogen) atoms. The van der Waals surface area contributed by atoms with Crippen molar-refractivity contribution in [2.45, 2.75) is 32.7 Å². The second-order valence-electron chi connectivity index (χ2n) is 4.54. The Labute approximate surface area is 92.0 Å². The maximum atomic E-state index is 6.10. The molecule has 2 unspecified atom stereocenters. The van der Waals surface area contributed by atoms with Crippen molar-refractivity contribution in [1.82, 2.24) is 0 Å². The van der Waals surface area contributed by atoms with Gasteiger partial charge in [0.15, 0.2) is 0 Å². The first-order valence-electron chi connectivity index (χ1n) is 5.61. The van der Waals surface area contributed by atoms with Crippen LogP contribution < -0.4 is 5.73 Å². The van der Waals surface area contributed by atoms with Crippen LogP contribution in [0.4, 0.5) is 0 Å². The fourth-order valence-electron chi connectivity index (χ4n) is 1.56. The van der Waals surface area contributed by atoms with Crippen LogP contribution in [0.5, 0.6) is 0 Å². The van der Waals surface area contributed by atoms with Crippen LogP contribution in [0.25, 0.3) is 0 Å². The zero-order valence-electron chi connectivity index (χ0n) is 9.37. The third-order valence-electron chi connectivity index (χ3n) is 2.72. The van der Waals surface area contributed by atoms with Crippen molar-refractivity contribution in [3.63, 3.8) is 0 Å². The molecule has 0 amide bonds. The first kappa shape index (κ1) is 12.3. The number of ether oxygens (including phenoxy) is 1. The molecule has 0 aromatic rings. The van der Waals surface area contributed by atoms with E-state index in [2.05, 4.69) is 13.8 Å². The summed E-state index contributed by atoms with van der Waals surface area (Å²) in [6, 6.07) is 0.342. The number of rotatable bonds is 6. The molecule has 84 valence electrons. The van der Waals surface area contributed by atoms with Gasteiger partial charge < -0.3 is 10.5 Å². The standard InChI is InChI=1S/C11H23NOS/c1-9(2)4-6-14-8-11(12)10-3-5-13-7-10/h9-11H,3-8,12H2,1-2H3. The number of hydrogen-bond donors (Lipinski definition) is 1. The molecule has 0 bridgehead atoms. The highest BCUT2D eigenvalue weighted by atomic mass is 32.2. The van der Waals surface area contributed by atoms with Crippen molar-refractivity contribution in [2.75, 3.05) is 24.7 Å². The van der Waals surface area contributed by atoms with Gasteiger partial charge in [0.1, 0.15) is 0 Å². The molecule has 3 heteroatoms. The third-order valence-corrected chi connectivity index (χ3v) is 3.87. The lowest BCUT2D eigenvalue weighted by atomic mass is 10.0. The average Bonchev–Trinajstić information content (AvgIpc) is 2.64. The Morgan fingerprint density at radius 1 is 1.50 bits per heavy atom. The van der Waals surface area contributed by atoms with Crippen molar-refractivity contribution in [3.05, 3.63) is 0 Å². The monoisotopic (exact) mass is 217 g/mol. The van der Waals surface area contributed by atoms with Gasteiger partial charge in [-0.3, -0.25) is 0 Å². The van der Waals surface area contributed by atoms with Crippen LogP contribution in [0, 0.1) is 11.8 Å². The van der Waals surface area contributed by atoms with E-state index in [1.165, 1.54) is 12.2 Å². The Kier molecular flexibility index (Phi) is 5.90. The minimum Gasteiger partial charge on any atom is -0.381 e. The van der Waals surface area contributed by atoms with Crippen molar-refractivity contribution >= 4 is 11.8 Å². The molecule has 1 saturated heterocycles. The van der Waals surface area contributed by atoms with Crippen LogP contribution in [-0.4, -0.2) is 30.8 Å². The molecule has 1 aliphatic rings. The van der Waals surface area contributed by atoms with Gasteiger partial charge in [-0.05, 0) is 24.5 Å². The maximum Gasteiger partial charge on any atom is 0.0510 e. The van der Waals surface area contributed by atoms with Crippen LogP contribution in [0.3, 0.4) is 0 Å². The van der Waals surface area contributed by atoms with Crippen LogP contribution in [0.2, 0.25) is 0 Å². The van der Waals surface area contributed by atoms with Crippen LogP contribution in [-0.2, 0) is 4.74 Å². The third kappa shape index (κ3) is 4.67. The van der Waals surface area contributed by atoms with E-state index in [0.717, 1.165) is 31.3 Å². The van der Waals surface area contributed by atoms with E-state index in [9.17, 15) is 0 Å². The molecule has 2 atom stereocenters. The van der Waals surface area contributed by atoms with Crippen molar-refractivity contribution in [3.8, 4) is 0 Å². The largest absolute Gasteiger partial charge is 0.381 e. The van der Waals surface area contributed by atoms with Gasteiger partial charge in [0.05, 0.1) is 6.61 Å². The summed E-state index contributed by atoms with van der Waals surface area (Å²) in [4.78, 5) is 0. The van der Waals surface area contributed by atoms with Crippen LogP contribution in [0.1, 0.15) is 26.7 Å². The Morgan fingerprint density at radius 2 is 2.29 bits per heavy atom. The molecule has 0 radical (unpaired) electrons. The number of hydrogen-bond acceptors (Lipinski definition) is 3. The van der Waals surface area contributed by atoms with E-state index in [4.69, 9.17) is 10.5 Å². The molecule has 0 aromatic carbocycles. The minimum absolute atomic E-state index is 0.342. The summed E-state index contributed by atoms with van der Waals surface area (Å²) >= 11 is 2.00. The van der Waals surface area contributed by atoms with Gasteiger partial charge in [-0.15, -0.1) is 0 Å². The topological polar surface area (TPSA) is 35.2 Å². The molecule has 0 spiro atoms. The summed E-state index contributed by atoms with van der Waals surface area (Å²) < 4.78 is 5.33. The van der Waals surface area contributed by atoms with Gasteiger partial charge in [0, 0.05) is 24.3 Å². The molecule has 1 fully saturated rings. The van der Waals surface area contributed by atoms with E-state index >= 15 is 0 Å². The normalized spacial score (nSPS) is 24.4. The van der Waals surface area contributed by atoms with Gasteiger partial charge in [0.25, 0.3) is 0 Å². The van der Waals surface area contributed by atoms with Gasteiger partial charge in [-0.25, -0.2) is 0 Å². The van der Waals surface area contributed by atoms with Crippen molar-refractivity contribution < 1.29 is 4.74 Å². The summed E-state index contributed by atoms with van der Waals surface area (Å²) in [5.41, 5.74) is 6.10. The Hall–Kier alpha value is 0.270. The first-order valence-corrected chi connectivity index (χ1v) is 6.76. The molecule has 2 N–H and O–H groups in total. The molecule has 2 nitrogen and oxygen atoms in total. The van der Waals surface area contributed by atoms with E-state index in [-0.39, 0.29) is 0 Å². The van der Waals surface area contributed by atoms with Crippen LogP contribution >= 0.6 is 11.8 Å². The lowest BCUT2D eigenvalue weighted by Gasteiger charge is -2.17. The molecule has 0 aliphatic carbocycles. The summed E-state index contributed by atoms with van der Waals surface area (Å²) in [7, 11) is 0. The Balaban J connectivity index is 1.99. The fraction of sp³-hybridized carbons (Fsp3) is 1.00. The van der Waals surface area contributed by atoms with Gasteiger partial charge in [-0.2, -0.15) is 11.8 Å². The molecule has 0 saturated carbocycles.